The molecule has 0 amide bonds. The molecule has 2 aromatic rings. The Kier molecular flexibility index (Phi) is 4.86. The minimum Gasteiger partial charge on any atom is -0.492 e. The highest BCUT2D eigenvalue weighted by Crippen LogP contribution is 2.10. The maximum atomic E-state index is 13.3. The first-order chi connectivity index (χ1) is 9.25. The average Bonchev–Trinajstić information content (AvgIpc) is 2.42. The Morgan fingerprint density at radius 2 is 1.68 bits per heavy atom. The number of rotatable bonds is 6. The summed E-state index contributed by atoms with van der Waals surface area (Å²) in [5.41, 5.74) is 0.629. The van der Waals surface area contributed by atoms with E-state index < -0.39 is 0 Å². The van der Waals surface area contributed by atoms with Crippen LogP contribution in [-0.2, 0) is 6.54 Å². The summed E-state index contributed by atoms with van der Waals surface area (Å²) in [6.45, 7) is 1.49. The third-order valence-corrected chi connectivity index (χ3v) is 2.63. The summed E-state index contributed by atoms with van der Waals surface area (Å²) in [5, 5.41) is 3.09. The van der Waals surface area contributed by atoms with Gasteiger partial charge >= 0.3 is 0 Å². The molecule has 0 bridgehead atoms. The van der Waals surface area contributed by atoms with Crippen molar-refractivity contribution in [3.63, 3.8) is 0 Å². The summed E-state index contributed by atoms with van der Waals surface area (Å²) in [4.78, 5) is 0. The number of ether oxygens (including phenoxy) is 1. The largest absolute Gasteiger partial charge is 0.492 e. The molecule has 0 unspecified atom stereocenters. The third-order valence-electron chi connectivity index (χ3n) is 2.63. The second kappa shape index (κ2) is 6.85. The fraction of sp³-hybridized carbons (Fsp3) is 0.200. The number of halogens is 2. The van der Waals surface area contributed by atoms with E-state index in [1.54, 1.807) is 30.3 Å². The van der Waals surface area contributed by atoms with Crippen LogP contribution in [0.5, 0.6) is 5.75 Å². The topological polar surface area (TPSA) is 21.3 Å². The Morgan fingerprint density at radius 3 is 2.42 bits per heavy atom. The molecule has 0 aliphatic rings. The number of hydrogen-bond acceptors (Lipinski definition) is 2. The van der Waals surface area contributed by atoms with Crippen LogP contribution in [0.2, 0.25) is 0 Å². The Labute approximate surface area is 111 Å². The van der Waals surface area contributed by atoms with Crippen LogP contribution < -0.4 is 10.1 Å². The first kappa shape index (κ1) is 13.5. The Balaban J connectivity index is 1.67. The van der Waals surface area contributed by atoms with Crippen molar-refractivity contribution in [3.05, 3.63) is 65.7 Å². The van der Waals surface area contributed by atoms with Crippen LogP contribution in [0.1, 0.15) is 5.56 Å². The quantitative estimate of drug-likeness (QED) is 0.808. The lowest BCUT2D eigenvalue weighted by Gasteiger charge is -2.08. The fourth-order valence-corrected chi connectivity index (χ4v) is 1.64. The van der Waals surface area contributed by atoms with Gasteiger partial charge in [-0.1, -0.05) is 18.2 Å². The summed E-state index contributed by atoms with van der Waals surface area (Å²) >= 11 is 0. The molecule has 0 spiro atoms. The van der Waals surface area contributed by atoms with E-state index in [1.807, 2.05) is 0 Å². The minimum atomic E-state index is -0.287. The van der Waals surface area contributed by atoms with Crippen molar-refractivity contribution >= 4 is 0 Å². The first-order valence-electron chi connectivity index (χ1n) is 6.08. The van der Waals surface area contributed by atoms with Crippen molar-refractivity contribution in [2.75, 3.05) is 13.2 Å². The van der Waals surface area contributed by atoms with Crippen LogP contribution in [0.4, 0.5) is 8.78 Å². The van der Waals surface area contributed by atoms with E-state index in [0.29, 0.717) is 31.0 Å². The van der Waals surface area contributed by atoms with E-state index in [4.69, 9.17) is 4.74 Å². The zero-order valence-electron chi connectivity index (χ0n) is 10.4. The van der Waals surface area contributed by atoms with E-state index in [-0.39, 0.29) is 11.6 Å². The molecule has 19 heavy (non-hydrogen) atoms. The highest BCUT2D eigenvalue weighted by molar-refractivity contribution is 5.22. The number of nitrogens with one attached hydrogen (secondary N) is 1. The van der Waals surface area contributed by atoms with Gasteiger partial charge in [-0.2, -0.15) is 0 Å². The maximum absolute atomic E-state index is 13.3. The fourth-order valence-electron chi connectivity index (χ4n) is 1.64. The molecule has 4 heteroatoms. The molecule has 0 heterocycles. The Hall–Kier alpha value is -1.94. The van der Waals surface area contributed by atoms with Crippen molar-refractivity contribution in [2.45, 2.75) is 6.54 Å². The highest BCUT2D eigenvalue weighted by Gasteiger charge is 1.99. The van der Waals surface area contributed by atoms with Crippen LogP contribution in [0.3, 0.4) is 0 Å². The Morgan fingerprint density at radius 1 is 0.947 bits per heavy atom. The molecule has 0 saturated heterocycles. The van der Waals surface area contributed by atoms with Crippen molar-refractivity contribution in [1.82, 2.24) is 5.32 Å². The molecule has 100 valence electrons. The highest BCUT2D eigenvalue weighted by atomic mass is 19.1. The summed E-state index contributed by atoms with van der Waals surface area (Å²) < 4.78 is 31.4. The maximum Gasteiger partial charge on any atom is 0.127 e. The first-order valence-corrected chi connectivity index (χ1v) is 6.08. The van der Waals surface area contributed by atoms with Crippen LogP contribution >= 0.6 is 0 Å². The van der Waals surface area contributed by atoms with Crippen LogP contribution in [0, 0.1) is 11.6 Å². The Bertz CT molecular complexity index is 514. The van der Waals surface area contributed by atoms with Gasteiger partial charge in [0.15, 0.2) is 0 Å². The summed E-state index contributed by atoms with van der Waals surface area (Å²) in [6.07, 6.45) is 0. The molecule has 0 aliphatic carbocycles. The molecule has 0 aliphatic heterocycles. The van der Waals surface area contributed by atoms with E-state index in [1.165, 1.54) is 18.2 Å². The molecule has 2 rings (SSSR count). The summed E-state index contributed by atoms with van der Waals surface area (Å²) in [7, 11) is 0. The van der Waals surface area contributed by atoms with E-state index >= 15 is 0 Å². The second-order valence-corrected chi connectivity index (χ2v) is 4.07. The summed E-state index contributed by atoms with van der Waals surface area (Å²) in [5.74, 6) is 0.119. The van der Waals surface area contributed by atoms with Gasteiger partial charge in [-0.3, -0.25) is 0 Å². The SMILES string of the molecule is Fc1ccc(OCCNCc2ccccc2F)cc1. The molecule has 0 radical (unpaired) electrons. The number of hydrogen-bond donors (Lipinski definition) is 1. The van der Waals surface area contributed by atoms with Crippen molar-refractivity contribution in [3.8, 4) is 5.75 Å². The monoisotopic (exact) mass is 263 g/mol. The third kappa shape index (κ3) is 4.34. The van der Waals surface area contributed by atoms with Gasteiger partial charge < -0.3 is 10.1 Å². The van der Waals surface area contributed by atoms with Gasteiger partial charge in [0.1, 0.15) is 24.0 Å². The molecular weight excluding hydrogens is 248 g/mol. The normalized spacial score (nSPS) is 10.4. The van der Waals surface area contributed by atoms with Crippen molar-refractivity contribution < 1.29 is 13.5 Å². The van der Waals surface area contributed by atoms with Gasteiger partial charge in [0.05, 0.1) is 0 Å². The van der Waals surface area contributed by atoms with Crippen molar-refractivity contribution in [2.24, 2.45) is 0 Å². The lowest BCUT2D eigenvalue weighted by Crippen LogP contribution is -2.21. The van der Waals surface area contributed by atoms with Gasteiger partial charge in [-0.05, 0) is 30.3 Å². The minimum absolute atomic E-state index is 0.213. The average molecular weight is 263 g/mol. The molecular formula is C15H15F2NO. The lowest BCUT2D eigenvalue weighted by atomic mass is 10.2. The van der Waals surface area contributed by atoms with Gasteiger partial charge in [-0.15, -0.1) is 0 Å². The van der Waals surface area contributed by atoms with E-state index in [2.05, 4.69) is 5.32 Å². The zero-order valence-corrected chi connectivity index (χ0v) is 10.4. The van der Waals surface area contributed by atoms with Gasteiger partial charge in [-0.25, -0.2) is 8.78 Å². The van der Waals surface area contributed by atoms with Gasteiger partial charge in [0.25, 0.3) is 0 Å². The van der Waals surface area contributed by atoms with E-state index in [0.717, 1.165) is 0 Å². The molecule has 2 nitrogen and oxygen atoms in total. The smallest absolute Gasteiger partial charge is 0.127 e. The predicted octanol–water partition coefficient (Wildman–Crippen LogP) is 3.13. The van der Waals surface area contributed by atoms with Crippen LogP contribution in [0.15, 0.2) is 48.5 Å². The molecule has 2 aromatic carbocycles. The van der Waals surface area contributed by atoms with Crippen LogP contribution in [0.25, 0.3) is 0 Å². The molecule has 1 N–H and O–H groups in total. The van der Waals surface area contributed by atoms with Gasteiger partial charge in [0.2, 0.25) is 0 Å². The van der Waals surface area contributed by atoms with Crippen molar-refractivity contribution in [1.29, 1.82) is 0 Å². The van der Waals surface area contributed by atoms with Gasteiger partial charge in [0, 0.05) is 18.7 Å². The zero-order chi connectivity index (χ0) is 13.5. The predicted molar refractivity (Wildman–Crippen MR) is 70.0 cm³/mol. The lowest BCUT2D eigenvalue weighted by molar-refractivity contribution is 0.313. The molecule has 0 atom stereocenters. The standard InChI is InChI=1S/C15H15F2NO/c16-13-5-7-14(8-6-13)19-10-9-18-11-12-3-1-2-4-15(12)17/h1-8,18H,9-11H2. The molecule has 0 aromatic heterocycles. The molecule has 0 fully saturated rings. The molecule has 0 saturated carbocycles. The number of benzene rings is 2. The van der Waals surface area contributed by atoms with E-state index in [9.17, 15) is 8.78 Å². The summed E-state index contributed by atoms with van der Waals surface area (Å²) in [6, 6.07) is 12.5. The second-order valence-electron chi connectivity index (χ2n) is 4.07. The van der Waals surface area contributed by atoms with Crippen LogP contribution in [-0.4, -0.2) is 13.2 Å².